The monoisotopic (exact) mass is 220 g/mol. The van der Waals surface area contributed by atoms with Gasteiger partial charge in [0.05, 0.1) is 0 Å². The van der Waals surface area contributed by atoms with E-state index in [-0.39, 0.29) is 5.91 Å². The van der Waals surface area contributed by atoms with Gasteiger partial charge in [0.15, 0.2) is 0 Å². The van der Waals surface area contributed by atoms with Crippen molar-refractivity contribution in [2.45, 2.75) is 26.2 Å². The molecule has 0 fully saturated rings. The molecule has 2 N–H and O–H groups in total. The molecule has 0 unspecified atom stereocenters. The van der Waals surface area contributed by atoms with Crippen LogP contribution in [-0.4, -0.2) is 19.5 Å². The molecule has 0 aromatic heterocycles. The fraction of sp³-hybridized carbons (Fsp3) is 0.462. The summed E-state index contributed by atoms with van der Waals surface area (Å²) in [5.74, 6) is 0.568. The van der Waals surface area contributed by atoms with E-state index in [2.05, 4.69) is 26.0 Å². The Morgan fingerprint density at radius 1 is 1.31 bits per heavy atom. The van der Waals surface area contributed by atoms with Gasteiger partial charge in [-0.25, -0.2) is 0 Å². The highest BCUT2D eigenvalue weighted by Crippen LogP contribution is 2.19. The van der Waals surface area contributed by atoms with E-state index < -0.39 is 0 Å². The first-order chi connectivity index (χ1) is 7.56. The first-order valence-corrected chi connectivity index (χ1v) is 5.63. The van der Waals surface area contributed by atoms with E-state index in [1.165, 1.54) is 5.56 Å². The largest absolute Gasteiger partial charge is 0.330 e. The molecule has 0 radical (unpaired) electrons. The van der Waals surface area contributed by atoms with Gasteiger partial charge in [0.25, 0.3) is 0 Å². The minimum Gasteiger partial charge on any atom is -0.330 e. The molecule has 0 aliphatic rings. The Hall–Kier alpha value is -1.35. The van der Waals surface area contributed by atoms with Gasteiger partial charge in [-0.15, -0.1) is 0 Å². The summed E-state index contributed by atoms with van der Waals surface area (Å²) in [5, 5.41) is 0. The highest BCUT2D eigenvalue weighted by Gasteiger charge is 2.09. The van der Waals surface area contributed by atoms with Crippen LogP contribution in [0.4, 0.5) is 5.69 Å². The predicted molar refractivity (Wildman–Crippen MR) is 67.6 cm³/mol. The number of anilines is 1. The second kappa shape index (κ2) is 5.66. The van der Waals surface area contributed by atoms with Gasteiger partial charge in [-0.1, -0.05) is 26.0 Å². The SMILES string of the molecule is CC(C)c1ccc(N(C)C(=O)CCN)cc1. The first kappa shape index (κ1) is 12.7. The van der Waals surface area contributed by atoms with E-state index in [0.717, 1.165) is 5.69 Å². The van der Waals surface area contributed by atoms with Crippen LogP contribution in [0.3, 0.4) is 0 Å². The lowest BCUT2D eigenvalue weighted by Crippen LogP contribution is -2.28. The molecule has 88 valence electrons. The van der Waals surface area contributed by atoms with Crippen LogP contribution in [0.2, 0.25) is 0 Å². The summed E-state index contributed by atoms with van der Waals surface area (Å²) in [6.45, 7) is 4.70. The molecule has 0 saturated heterocycles. The van der Waals surface area contributed by atoms with Crippen LogP contribution in [0.15, 0.2) is 24.3 Å². The average molecular weight is 220 g/mol. The van der Waals surface area contributed by atoms with Crippen LogP contribution in [0.1, 0.15) is 31.7 Å². The Labute approximate surface area is 97.2 Å². The fourth-order valence-corrected chi connectivity index (χ4v) is 1.52. The number of hydrogen-bond acceptors (Lipinski definition) is 2. The van der Waals surface area contributed by atoms with Gasteiger partial charge in [-0.2, -0.15) is 0 Å². The summed E-state index contributed by atoms with van der Waals surface area (Å²) >= 11 is 0. The van der Waals surface area contributed by atoms with E-state index in [0.29, 0.717) is 18.9 Å². The fourth-order valence-electron chi connectivity index (χ4n) is 1.52. The van der Waals surface area contributed by atoms with Crippen molar-refractivity contribution in [1.82, 2.24) is 0 Å². The van der Waals surface area contributed by atoms with Crippen molar-refractivity contribution in [1.29, 1.82) is 0 Å². The normalized spacial score (nSPS) is 10.6. The zero-order valence-electron chi connectivity index (χ0n) is 10.2. The molecule has 1 rings (SSSR count). The van der Waals surface area contributed by atoms with Gasteiger partial charge in [-0.3, -0.25) is 4.79 Å². The van der Waals surface area contributed by atoms with Crippen LogP contribution >= 0.6 is 0 Å². The Bertz CT molecular complexity index is 343. The first-order valence-electron chi connectivity index (χ1n) is 5.63. The van der Waals surface area contributed by atoms with Gasteiger partial charge in [0.1, 0.15) is 0 Å². The minimum atomic E-state index is 0.0554. The van der Waals surface area contributed by atoms with Crippen LogP contribution in [-0.2, 0) is 4.79 Å². The van der Waals surface area contributed by atoms with Gasteiger partial charge >= 0.3 is 0 Å². The molecule has 0 bridgehead atoms. The summed E-state index contributed by atoms with van der Waals surface area (Å²) in [6.07, 6.45) is 0.391. The summed E-state index contributed by atoms with van der Waals surface area (Å²) in [7, 11) is 1.78. The third-order valence-corrected chi connectivity index (χ3v) is 2.68. The number of benzene rings is 1. The quantitative estimate of drug-likeness (QED) is 0.844. The van der Waals surface area contributed by atoms with Crippen LogP contribution in [0, 0.1) is 0 Å². The molecule has 0 saturated carbocycles. The van der Waals surface area contributed by atoms with Crippen LogP contribution in [0.5, 0.6) is 0 Å². The van der Waals surface area contributed by atoms with E-state index in [9.17, 15) is 4.79 Å². The smallest absolute Gasteiger partial charge is 0.227 e. The summed E-state index contributed by atoms with van der Waals surface area (Å²) in [4.78, 5) is 13.3. The van der Waals surface area contributed by atoms with Crippen molar-refractivity contribution in [2.24, 2.45) is 5.73 Å². The van der Waals surface area contributed by atoms with Crippen LogP contribution in [0.25, 0.3) is 0 Å². The molecule has 1 amide bonds. The molecule has 0 heterocycles. The van der Waals surface area contributed by atoms with Crippen molar-refractivity contribution in [2.75, 3.05) is 18.5 Å². The molecular weight excluding hydrogens is 200 g/mol. The standard InChI is InChI=1S/C13H20N2O/c1-10(2)11-4-6-12(7-5-11)15(3)13(16)8-9-14/h4-7,10H,8-9,14H2,1-3H3. The molecule has 3 nitrogen and oxygen atoms in total. The number of hydrogen-bond donors (Lipinski definition) is 1. The topological polar surface area (TPSA) is 46.3 Å². The second-order valence-electron chi connectivity index (χ2n) is 4.24. The van der Waals surface area contributed by atoms with Crippen LogP contribution < -0.4 is 10.6 Å². The Balaban J connectivity index is 2.77. The number of nitrogens with zero attached hydrogens (tertiary/aromatic N) is 1. The lowest BCUT2D eigenvalue weighted by atomic mass is 10.0. The number of amides is 1. The summed E-state index contributed by atoms with van der Waals surface area (Å²) in [6, 6.07) is 8.08. The lowest BCUT2D eigenvalue weighted by Gasteiger charge is -2.17. The highest BCUT2D eigenvalue weighted by atomic mass is 16.2. The third kappa shape index (κ3) is 3.07. The molecular formula is C13H20N2O. The predicted octanol–water partition coefficient (Wildman–Crippen LogP) is 2.12. The molecule has 3 heteroatoms. The van der Waals surface area contributed by atoms with Crippen molar-refractivity contribution in [3.8, 4) is 0 Å². The van der Waals surface area contributed by atoms with Gasteiger partial charge in [0.2, 0.25) is 5.91 Å². The number of carbonyl (C=O) groups is 1. The zero-order chi connectivity index (χ0) is 12.1. The van der Waals surface area contributed by atoms with Crippen molar-refractivity contribution in [3.05, 3.63) is 29.8 Å². The molecule has 0 spiro atoms. The van der Waals surface area contributed by atoms with E-state index in [1.54, 1.807) is 11.9 Å². The molecule has 0 aliphatic heterocycles. The summed E-state index contributed by atoms with van der Waals surface area (Å²) in [5.41, 5.74) is 7.56. The zero-order valence-corrected chi connectivity index (χ0v) is 10.2. The number of carbonyl (C=O) groups excluding carboxylic acids is 1. The van der Waals surface area contributed by atoms with E-state index in [1.807, 2.05) is 12.1 Å². The van der Waals surface area contributed by atoms with Gasteiger partial charge in [0, 0.05) is 25.7 Å². The maximum atomic E-state index is 11.6. The highest BCUT2D eigenvalue weighted by molar-refractivity contribution is 5.92. The second-order valence-corrected chi connectivity index (χ2v) is 4.24. The summed E-state index contributed by atoms with van der Waals surface area (Å²) < 4.78 is 0. The number of nitrogens with two attached hydrogens (primary N) is 1. The molecule has 0 atom stereocenters. The van der Waals surface area contributed by atoms with Gasteiger partial charge in [-0.05, 0) is 23.6 Å². The van der Waals surface area contributed by atoms with Crippen molar-refractivity contribution >= 4 is 11.6 Å². The van der Waals surface area contributed by atoms with Crippen molar-refractivity contribution in [3.63, 3.8) is 0 Å². The Morgan fingerprint density at radius 2 is 1.88 bits per heavy atom. The van der Waals surface area contributed by atoms with E-state index in [4.69, 9.17) is 5.73 Å². The van der Waals surface area contributed by atoms with E-state index >= 15 is 0 Å². The average Bonchev–Trinajstić information content (AvgIpc) is 2.28. The van der Waals surface area contributed by atoms with Gasteiger partial charge < -0.3 is 10.6 Å². The lowest BCUT2D eigenvalue weighted by molar-refractivity contribution is -0.118. The molecule has 16 heavy (non-hydrogen) atoms. The molecule has 0 aliphatic carbocycles. The minimum absolute atomic E-state index is 0.0554. The third-order valence-electron chi connectivity index (χ3n) is 2.68. The molecule has 1 aromatic rings. The maximum absolute atomic E-state index is 11.6. The maximum Gasteiger partial charge on any atom is 0.227 e. The van der Waals surface area contributed by atoms with Crippen molar-refractivity contribution < 1.29 is 4.79 Å². The molecule has 1 aromatic carbocycles. The Morgan fingerprint density at radius 3 is 2.31 bits per heavy atom. The Kier molecular flexibility index (Phi) is 4.50. The number of rotatable bonds is 4.